The number of nitrogens with zero attached hydrogens (tertiary/aromatic N) is 2. The van der Waals surface area contributed by atoms with Crippen molar-refractivity contribution in [3.8, 4) is 5.75 Å². The standard InChI is InChI=1S/C15H19FN2O4/c16-12-1-3-13(4-2-12)22-11-14(19)18-9-7-17(8-10-18)6-5-15(20)21/h1-4H,5-11H2,(H,20,21). The van der Waals surface area contributed by atoms with E-state index >= 15 is 0 Å². The number of aliphatic carboxylic acids is 1. The van der Waals surface area contributed by atoms with Gasteiger partial charge in [-0.2, -0.15) is 0 Å². The lowest BCUT2D eigenvalue weighted by Crippen LogP contribution is -2.50. The highest BCUT2D eigenvalue weighted by atomic mass is 19.1. The van der Waals surface area contributed by atoms with E-state index in [1.165, 1.54) is 24.3 Å². The van der Waals surface area contributed by atoms with Gasteiger partial charge >= 0.3 is 5.97 Å². The maximum atomic E-state index is 12.8. The van der Waals surface area contributed by atoms with Crippen molar-refractivity contribution in [2.75, 3.05) is 39.3 Å². The summed E-state index contributed by atoms with van der Waals surface area (Å²) in [6.07, 6.45) is 0.113. The van der Waals surface area contributed by atoms with Crippen molar-refractivity contribution >= 4 is 11.9 Å². The van der Waals surface area contributed by atoms with Crippen LogP contribution in [-0.2, 0) is 9.59 Å². The zero-order valence-electron chi connectivity index (χ0n) is 12.2. The Labute approximate surface area is 128 Å². The third-order valence-corrected chi connectivity index (χ3v) is 3.54. The van der Waals surface area contributed by atoms with E-state index in [-0.39, 0.29) is 24.8 Å². The van der Waals surface area contributed by atoms with Crippen LogP contribution in [0.4, 0.5) is 4.39 Å². The summed E-state index contributed by atoms with van der Waals surface area (Å²) in [5.41, 5.74) is 0. The predicted octanol–water partition coefficient (Wildman–Crippen LogP) is 0.823. The summed E-state index contributed by atoms with van der Waals surface area (Å²) in [5.74, 6) is -0.834. The molecule has 1 amide bonds. The van der Waals surface area contributed by atoms with Crippen molar-refractivity contribution in [1.29, 1.82) is 0 Å². The van der Waals surface area contributed by atoms with Gasteiger partial charge in [-0.15, -0.1) is 0 Å². The first-order valence-corrected chi connectivity index (χ1v) is 7.15. The molecule has 0 spiro atoms. The second-order valence-electron chi connectivity index (χ2n) is 5.11. The summed E-state index contributed by atoms with van der Waals surface area (Å²) >= 11 is 0. The normalized spacial score (nSPS) is 15.6. The molecule has 6 nitrogen and oxygen atoms in total. The Morgan fingerprint density at radius 3 is 2.36 bits per heavy atom. The minimum atomic E-state index is -0.814. The van der Waals surface area contributed by atoms with E-state index < -0.39 is 5.97 Å². The van der Waals surface area contributed by atoms with Crippen LogP contribution in [0.1, 0.15) is 6.42 Å². The van der Waals surface area contributed by atoms with E-state index in [0.717, 1.165) is 0 Å². The summed E-state index contributed by atoms with van der Waals surface area (Å²) in [4.78, 5) is 26.3. The van der Waals surface area contributed by atoms with Crippen molar-refractivity contribution in [2.24, 2.45) is 0 Å². The molecule has 22 heavy (non-hydrogen) atoms. The maximum absolute atomic E-state index is 12.8. The first-order valence-electron chi connectivity index (χ1n) is 7.15. The molecule has 1 aliphatic heterocycles. The quantitative estimate of drug-likeness (QED) is 0.842. The van der Waals surface area contributed by atoms with E-state index in [1.807, 2.05) is 4.90 Å². The van der Waals surface area contributed by atoms with Gasteiger partial charge in [0.25, 0.3) is 5.91 Å². The number of ether oxygens (including phenoxy) is 1. The van der Waals surface area contributed by atoms with Gasteiger partial charge in [0.2, 0.25) is 0 Å². The van der Waals surface area contributed by atoms with Crippen molar-refractivity contribution in [3.05, 3.63) is 30.1 Å². The van der Waals surface area contributed by atoms with Crippen molar-refractivity contribution in [3.63, 3.8) is 0 Å². The van der Waals surface area contributed by atoms with E-state index in [4.69, 9.17) is 9.84 Å². The number of hydrogen-bond donors (Lipinski definition) is 1. The molecule has 120 valence electrons. The zero-order chi connectivity index (χ0) is 15.9. The number of piperazine rings is 1. The lowest BCUT2D eigenvalue weighted by molar-refractivity contribution is -0.139. The number of benzene rings is 1. The molecular formula is C15H19FN2O4. The van der Waals surface area contributed by atoms with E-state index in [9.17, 15) is 14.0 Å². The second kappa shape index (κ2) is 7.74. The Morgan fingerprint density at radius 2 is 1.77 bits per heavy atom. The summed E-state index contributed by atoms with van der Waals surface area (Å²) in [6.45, 7) is 2.87. The predicted molar refractivity (Wildman–Crippen MR) is 77.2 cm³/mol. The van der Waals surface area contributed by atoms with E-state index in [0.29, 0.717) is 38.5 Å². The molecular weight excluding hydrogens is 291 g/mol. The molecule has 0 radical (unpaired) electrons. The van der Waals surface area contributed by atoms with Crippen LogP contribution >= 0.6 is 0 Å². The van der Waals surface area contributed by atoms with Gasteiger partial charge in [-0.05, 0) is 24.3 Å². The number of carboxylic acid groups (broad SMARTS) is 1. The molecule has 0 aliphatic carbocycles. The Bertz CT molecular complexity index is 513. The van der Waals surface area contributed by atoms with Gasteiger partial charge in [-0.3, -0.25) is 14.5 Å². The maximum Gasteiger partial charge on any atom is 0.304 e. The largest absolute Gasteiger partial charge is 0.484 e. The van der Waals surface area contributed by atoms with E-state index in [1.54, 1.807) is 4.90 Å². The molecule has 0 aromatic heterocycles. The van der Waals surface area contributed by atoms with Gasteiger partial charge in [-0.1, -0.05) is 0 Å². The van der Waals surface area contributed by atoms with Crippen LogP contribution < -0.4 is 4.74 Å². The van der Waals surface area contributed by atoms with Crippen molar-refractivity contribution in [2.45, 2.75) is 6.42 Å². The van der Waals surface area contributed by atoms with Crippen molar-refractivity contribution in [1.82, 2.24) is 9.80 Å². The summed E-state index contributed by atoms with van der Waals surface area (Å²) in [5, 5.41) is 8.65. The zero-order valence-corrected chi connectivity index (χ0v) is 12.2. The van der Waals surface area contributed by atoms with Crippen LogP contribution in [0.2, 0.25) is 0 Å². The Hall–Kier alpha value is -2.15. The van der Waals surface area contributed by atoms with Crippen LogP contribution in [0.25, 0.3) is 0 Å². The summed E-state index contributed by atoms with van der Waals surface area (Å²) < 4.78 is 18.1. The fourth-order valence-electron chi connectivity index (χ4n) is 2.24. The van der Waals surface area contributed by atoms with Crippen LogP contribution in [0.5, 0.6) is 5.75 Å². The smallest absolute Gasteiger partial charge is 0.304 e. The van der Waals surface area contributed by atoms with Gasteiger partial charge in [0.1, 0.15) is 11.6 Å². The van der Waals surface area contributed by atoms with Gasteiger partial charge in [0.05, 0.1) is 6.42 Å². The van der Waals surface area contributed by atoms with Crippen LogP contribution in [-0.4, -0.2) is 66.1 Å². The number of carbonyl (C=O) groups excluding carboxylic acids is 1. The highest BCUT2D eigenvalue weighted by molar-refractivity contribution is 5.77. The molecule has 1 heterocycles. The summed E-state index contributed by atoms with van der Waals surface area (Å²) in [7, 11) is 0. The summed E-state index contributed by atoms with van der Waals surface area (Å²) in [6, 6.07) is 5.51. The monoisotopic (exact) mass is 310 g/mol. The Kier molecular flexibility index (Phi) is 5.71. The SMILES string of the molecule is O=C(O)CCN1CCN(C(=O)COc2ccc(F)cc2)CC1. The molecule has 0 saturated carbocycles. The van der Waals surface area contributed by atoms with Crippen molar-refractivity contribution < 1.29 is 23.8 Å². The van der Waals surface area contributed by atoms with E-state index in [2.05, 4.69) is 0 Å². The molecule has 1 fully saturated rings. The number of carboxylic acids is 1. The number of hydrogen-bond acceptors (Lipinski definition) is 4. The van der Waals surface area contributed by atoms with Gasteiger partial charge in [-0.25, -0.2) is 4.39 Å². The van der Waals surface area contributed by atoms with Gasteiger partial charge < -0.3 is 14.7 Å². The topological polar surface area (TPSA) is 70.1 Å². The molecule has 7 heteroatoms. The van der Waals surface area contributed by atoms with Gasteiger partial charge in [0, 0.05) is 32.7 Å². The first-order chi connectivity index (χ1) is 10.5. The third kappa shape index (κ3) is 5.00. The Balaban J connectivity index is 1.70. The molecule has 1 aromatic carbocycles. The molecule has 1 aromatic rings. The molecule has 1 saturated heterocycles. The average Bonchev–Trinajstić information content (AvgIpc) is 2.52. The van der Waals surface area contributed by atoms with Crippen LogP contribution in [0.3, 0.4) is 0 Å². The lowest BCUT2D eigenvalue weighted by Gasteiger charge is -2.34. The molecule has 1 N–H and O–H groups in total. The van der Waals surface area contributed by atoms with Crippen LogP contribution in [0.15, 0.2) is 24.3 Å². The average molecular weight is 310 g/mol. The third-order valence-electron chi connectivity index (χ3n) is 3.54. The fourth-order valence-corrected chi connectivity index (χ4v) is 2.24. The number of amides is 1. The molecule has 0 unspecified atom stereocenters. The lowest BCUT2D eigenvalue weighted by atomic mass is 10.3. The minimum Gasteiger partial charge on any atom is -0.484 e. The molecule has 1 aliphatic rings. The number of rotatable bonds is 6. The fraction of sp³-hybridized carbons (Fsp3) is 0.467. The Morgan fingerprint density at radius 1 is 1.14 bits per heavy atom. The second-order valence-corrected chi connectivity index (χ2v) is 5.11. The molecule has 0 bridgehead atoms. The highest BCUT2D eigenvalue weighted by Gasteiger charge is 2.21. The first kappa shape index (κ1) is 16.2. The number of halogens is 1. The van der Waals surface area contributed by atoms with Gasteiger partial charge in [0.15, 0.2) is 6.61 Å². The highest BCUT2D eigenvalue weighted by Crippen LogP contribution is 2.11. The molecule has 0 atom stereocenters. The van der Waals surface area contributed by atoms with Crippen LogP contribution in [0, 0.1) is 5.82 Å². The number of carbonyl (C=O) groups is 2. The minimum absolute atomic E-state index is 0.0826. The molecule has 2 rings (SSSR count).